The number of methoxy groups -OCH3 is 1. The normalized spacial score (nSPS) is 51.7. The molecule has 20 unspecified atom stereocenters. The van der Waals surface area contributed by atoms with Gasteiger partial charge in [-0.2, -0.15) is 0 Å². The van der Waals surface area contributed by atoms with E-state index in [9.17, 15) is 97.0 Å². The van der Waals surface area contributed by atoms with E-state index in [0.717, 1.165) is 18.4 Å². The number of aliphatic hydroxyl groups excluding tert-OH is 18. The van der Waals surface area contributed by atoms with Gasteiger partial charge in [0, 0.05) is 23.9 Å². The molecule has 19 N–H and O–H groups in total. The van der Waals surface area contributed by atoms with Crippen molar-refractivity contribution in [3.63, 3.8) is 0 Å². The van der Waals surface area contributed by atoms with Crippen molar-refractivity contribution in [3.05, 3.63) is 11.6 Å². The lowest BCUT2D eigenvalue weighted by Gasteiger charge is -2.68. The van der Waals surface area contributed by atoms with E-state index in [-0.39, 0.29) is 30.1 Å². The molecule has 9 aliphatic rings. The summed E-state index contributed by atoms with van der Waals surface area (Å²) in [5.41, 5.74) is -3.12. The van der Waals surface area contributed by atoms with Gasteiger partial charge in [0.15, 0.2) is 31.5 Å². The van der Waals surface area contributed by atoms with E-state index in [1.807, 2.05) is 13.8 Å². The van der Waals surface area contributed by atoms with Crippen LogP contribution in [0.5, 0.6) is 0 Å². The summed E-state index contributed by atoms with van der Waals surface area (Å²) < 4.78 is 65.9. The van der Waals surface area contributed by atoms with Gasteiger partial charge in [-0.3, -0.25) is 0 Å². The number of aliphatic hydroxyl groups is 19. The molecule has 0 amide bonds. The summed E-state index contributed by atoms with van der Waals surface area (Å²) in [6.07, 6.45) is -39.6. The van der Waals surface area contributed by atoms with E-state index >= 15 is 0 Å². The van der Waals surface area contributed by atoms with Crippen LogP contribution in [0.25, 0.3) is 0 Å². The van der Waals surface area contributed by atoms with Crippen LogP contribution in [-0.4, -0.2) is 321 Å². The molecule has 0 bridgehead atoms. The first-order valence-corrected chi connectivity index (χ1v) is 32.0. The number of ether oxygens (including phenoxy) is 11. The third-order valence-corrected chi connectivity index (χ3v) is 23.1. The second-order valence-corrected chi connectivity index (χ2v) is 29.1. The van der Waals surface area contributed by atoms with Crippen LogP contribution in [0.1, 0.15) is 100 Å². The van der Waals surface area contributed by atoms with Crippen LogP contribution in [0.15, 0.2) is 11.6 Å². The SMILES string of the molecule is CO[C@H]1C=C2C(CC[C@H](OC3OC(COC4OC(CO)C(O)[C@H](O)C4O)C(O)[C@H](O)C3O)C2(C)C)[C@@]2(C)C1[C@]1(C)CCC([C@H](C)CC[C@@H](O[C@@H]3OC(CO[C@@H]4OC(CO)C(O)[C@H](O)C4O)C(O)[C@H](O)C3O[C@@H]3OC(CO)C(O)[C@H](O)C3O)C(C)(C)O)[C@@]1(C)C[C@H]2O. The molecule has 0 aromatic rings. The van der Waals surface area contributed by atoms with Crippen molar-refractivity contribution >= 4 is 0 Å². The molecule has 3 saturated carbocycles. The smallest absolute Gasteiger partial charge is 0.187 e. The molecule has 5 saturated heterocycles. The molecule has 0 aromatic carbocycles. The Kier molecular flexibility index (Phi) is 23.0. The third kappa shape index (κ3) is 13.4. The quantitative estimate of drug-likeness (QED) is 0.0476. The van der Waals surface area contributed by atoms with Crippen LogP contribution in [0.3, 0.4) is 0 Å². The largest absolute Gasteiger partial charge is 0.394 e. The molecule has 0 radical (unpaired) electrons. The van der Waals surface area contributed by atoms with Gasteiger partial charge < -0.3 is 149 Å². The number of hydrogen-bond acceptors (Lipinski definition) is 30. The van der Waals surface area contributed by atoms with Crippen LogP contribution in [0.2, 0.25) is 0 Å². The zero-order chi connectivity index (χ0) is 67.1. The maximum atomic E-state index is 13.0. The standard InChI is InChI=1S/C61H104O30/c1-23(10-12-35(58(4,5)80)90-56-50(91-55-49(79)43(73)38(68)30(20-64)86-55)45(75)40(70)32(88-56)22-83-53-47(77)42(72)37(67)29(19-63)85-53)24-14-15-59(6)51-27(81-9)16-26-25(61(51,8)33(65)17-60(24,59)7)11-13-34(57(26,2)3)89-54-48(78)44(74)39(69)31(87-54)21-82-52-46(76)41(71)36(66)28(18-62)84-52/h16,23-25,27-56,62-80H,10-15,17-22H2,1-9H3/t23-,24?,25?,27+,28?,29?,30?,31?,32?,33-,34+,35-,36?,37?,38?,39?,40?,41+,42+,43+,44+,45+,46?,47?,48?,49?,50?,51?,52?,53-,54?,55+,56+,59+,60-,61-/m1/s1. The lowest BCUT2D eigenvalue weighted by molar-refractivity contribution is -0.380. The lowest BCUT2D eigenvalue weighted by Crippen LogP contribution is -2.68. The molecular formula is C61H104O30. The molecule has 36 atom stereocenters. The van der Waals surface area contributed by atoms with Crippen molar-refractivity contribution in [2.75, 3.05) is 40.1 Å². The Hall–Kier alpha value is -1.46. The highest BCUT2D eigenvalue weighted by atomic mass is 16.8. The second kappa shape index (κ2) is 28.4. The molecule has 30 nitrogen and oxygen atoms in total. The summed E-state index contributed by atoms with van der Waals surface area (Å²) in [5, 5.41) is 206. The van der Waals surface area contributed by atoms with E-state index in [0.29, 0.717) is 25.7 Å². The first kappa shape index (κ1) is 73.8. The van der Waals surface area contributed by atoms with Crippen molar-refractivity contribution in [1.29, 1.82) is 0 Å². The Balaban J connectivity index is 0.906. The third-order valence-electron chi connectivity index (χ3n) is 23.1. The predicted octanol–water partition coefficient (Wildman–Crippen LogP) is -5.78. The van der Waals surface area contributed by atoms with Crippen molar-refractivity contribution in [1.82, 2.24) is 0 Å². The Morgan fingerprint density at radius 2 is 0.967 bits per heavy atom. The Labute approximate surface area is 528 Å². The zero-order valence-corrected chi connectivity index (χ0v) is 53.1. The second-order valence-electron chi connectivity index (χ2n) is 29.1. The highest BCUT2D eigenvalue weighted by Gasteiger charge is 2.72. The number of hydrogen-bond donors (Lipinski definition) is 19. The van der Waals surface area contributed by atoms with Gasteiger partial charge in [0.25, 0.3) is 0 Å². The van der Waals surface area contributed by atoms with Gasteiger partial charge in [0.05, 0.1) is 63.1 Å². The van der Waals surface area contributed by atoms with Crippen LogP contribution in [-0.2, 0) is 52.1 Å². The molecule has 0 aromatic heterocycles. The summed E-state index contributed by atoms with van der Waals surface area (Å²) in [6, 6.07) is 0. The van der Waals surface area contributed by atoms with Crippen LogP contribution in [0.4, 0.5) is 0 Å². The summed E-state index contributed by atoms with van der Waals surface area (Å²) in [7, 11) is 1.65. The van der Waals surface area contributed by atoms with E-state index in [1.165, 1.54) is 13.8 Å². The maximum absolute atomic E-state index is 13.0. The highest BCUT2D eigenvalue weighted by molar-refractivity contribution is 5.34. The molecule has 5 heterocycles. The van der Waals surface area contributed by atoms with Crippen molar-refractivity contribution in [2.45, 2.75) is 284 Å². The van der Waals surface area contributed by atoms with Gasteiger partial charge in [-0.05, 0) is 87.4 Å². The van der Waals surface area contributed by atoms with E-state index in [4.69, 9.17) is 52.1 Å². The predicted molar refractivity (Wildman–Crippen MR) is 306 cm³/mol. The average molecular weight is 1320 g/mol. The Bertz CT molecular complexity index is 2400. The lowest BCUT2D eigenvalue weighted by atomic mass is 9.37. The summed E-state index contributed by atoms with van der Waals surface area (Å²) in [4.78, 5) is 0. The fourth-order valence-electron chi connectivity index (χ4n) is 17.2. The van der Waals surface area contributed by atoms with Crippen molar-refractivity contribution in [2.24, 2.45) is 45.3 Å². The topological polar surface area (TPSA) is 486 Å². The monoisotopic (exact) mass is 1320 g/mol. The molecule has 0 spiro atoms. The Morgan fingerprint density at radius 3 is 1.45 bits per heavy atom. The molecule has 4 aliphatic carbocycles. The minimum absolute atomic E-state index is 0.000967. The van der Waals surface area contributed by atoms with E-state index in [1.54, 1.807) is 7.11 Å². The highest BCUT2D eigenvalue weighted by Crippen LogP contribution is 2.75. The van der Waals surface area contributed by atoms with Gasteiger partial charge in [0.1, 0.15) is 122 Å². The summed E-state index contributed by atoms with van der Waals surface area (Å²) in [6.45, 7) is 12.3. The zero-order valence-electron chi connectivity index (χ0n) is 53.1. The van der Waals surface area contributed by atoms with E-state index < -0.39 is 238 Å². The molecule has 9 rings (SSSR count). The van der Waals surface area contributed by atoms with Crippen molar-refractivity contribution < 1.29 is 149 Å². The number of rotatable bonds is 21. The van der Waals surface area contributed by atoms with Gasteiger partial charge in [-0.1, -0.05) is 53.2 Å². The van der Waals surface area contributed by atoms with E-state index in [2.05, 4.69) is 33.8 Å². The molecule has 8 fully saturated rings. The van der Waals surface area contributed by atoms with Gasteiger partial charge in [-0.25, -0.2) is 0 Å². The molecular weight excluding hydrogens is 1210 g/mol. The Morgan fingerprint density at radius 1 is 0.527 bits per heavy atom. The summed E-state index contributed by atoms with van der Waals surface area (Å²) in [5.74, 6) is -0.470. The maximum Gasteiger partial charge on any atom is 0.187 e. The van der Waals surface area contributed by atoms with Crippen LogP contribution < -0.4 is 0 Å². The van der Waals surface area contributed by atoms with Gasteiger partial charge >= 0.3 is 0 Å². The molecule has 5 aliphatic heterocycles. The fourth-order valence-corrected chi connectivity index (χ4v) is 17.2. The van der Waals surface area contributed by atoms with Crippen LogP contribution in [0, 0.1) is 45.3 Å². The van der Waals surface area contributed by atoms with Gasteiger partial charge in [-0.15, -0.1) is 0 Å². The fraction of sp³-hybridized carbons (Fsp3) is 0.967. The first-order chi connectivity index (χ1) is 42.6. The minimum Gasteiger partial charge on any atom is -0.394 e. The van der Waals surface area contributed by atoms with Crippen molar-refractivity contribution in [3.8, 4) is 0 Å². The first-order valence-electron chi connectivity index (χ1n) is 32.0. The van der Waals surface area contributed by atoms with Gasteiger partial charge in [0.2, 0.25) is 0 Å². The minimum atomic E-state index is -1.97. The number of fused-ring (bicyclic) bond motifs is 5. The molecule has 30 heteroatoms. The molecule has 528 valence electrons. The summed E-state index contributed by atoms with van der Waals surface area (Å²) >= 11 is 0. The van der Waals surface area contributed by atoms with Crippen LogP contribution >= 0.6 is 0 Å². The molecule has 91 heavy (non-hydrogen) atoms. The average Bonchev–Trinajstić information content (AvgIpc) is 1.66.